The largest absolute Gasteiger partial charge is 0.385 e. The van der Waals surface area contributed by atoms with Gasteiger partial charge in [0.25, 0.3) is 0 Å². The molecule has 0 atom stereocenters. The summed E-state index contributed by atoms with van der Waals surface area (Å²) in [4.78, 5) is 0. The third-order valence-corrected chi connectivity index (χ3v) is 3.17. The van der Waals surface area contributed by atoms with E-state index in [2.05, 4.69) is 43.2 Å². The van der Waals surface area contributed by atoms with Gasteiger partial charge in [-0.15, -0.1) is 0 Å². The molecular weight excluding hydrogens is 322 g/mol. The molecule has 0 amide bonds. The average Bonchev–Trinajstić information content (AvgIpc) is 2.20. The molecule has 15 heavy (non-hydrogen) atoms. The van der Waals surface area contributed by atoms with Gasteiger partial charge in [-0.05, 0) is 47.0 Å². The summed E-state index contributed by atoms with van der Waals surface area (Å²) in [5.41, 5.74) is 1.13. The SMILES string of the molecule is COCCCCNc1ccc(Br)cc1Br. The van der Waals surface area contributed by atoms with Crippen LogP contribution in [0.2, 0.25) is 0 Å². The zero-order valence-corrected chi connectivity index (χ0v) is 11.9. The maximum atomic E-state index is 4.99. The number of unbranched alkanes of at least 4 members (excludes halogenated alkanes) is 1. The van der Waals surface area contributed by atoms with Crippen LogP contribution in [0.3, 0.4) is 0 Å². The molecule has 0 spiro atoms. The van der Waals surface area contributed by atoms with Crippen LogP contribution in [0.4, 0.5) is 5.69 Å². The van der Waals surface area contributed by atoms with E-state index in [1.807, 2.05) is 12.1 Å². The smallest absolute Gasteiger partial charge is 0.0485 e. The maximum absolute atomic E-state index is 4.99. The standard InChI is InChI=1S/C11H15Br2NO/c1-15-7-3-2-6-14-11-5-4-9(12)8-10(11)13/h4-5,8,14H,2-3,6-7H2,1H3. The van der Waals surface area contributed by atoms with Crippen molar-refractivity contribution >= 4 is 37.5 Å². The summed E-state index contributed by atoms with van der Waals surface area (Å²) in [5, 5.41) is 3.38. The van der Waals surface area contributed by atoms with E-state index in [1.54, 1.807) is 7.11 Å². The van der Waals surface area contributed by atoms with Crippen molar-refractivity contribution in [2.75, 3.05) is 25.6 Å². The third kappa shape index (κ3) is 5.00. The first-order valence-electron chi connectivity index (χ1n) is 4.92. The number of halogens is 2. The monoisotopic (exact) mass is 335 g/mol. The molecule has 1 aromatic carbocycles. The molecule has 0 heterocycles. The summed E-state index contributed by atoms with van der Waals surface area (Å²) in [5.74, 6) is 0. The fourth-order valence-electron chi connectivity index (χ4n) is 1.23. The molecule has 4 heteroatoms. The number of hydrogen-bond acceptors (Lipinski definition) is 2. The Hall–Kier alpha value is -0.0600. The Morgan fingerprint density at radius 2 is 2.07 bits per heavy atom. The van der Waals surface area contributed by atoms with E-state index >= 15 is 0 Å². The predicted molar refractivity (Wildman–Crippen MR) is 71.4 cm³/mol. The second-order valence-corrected chi connectivity index (χ2v) is 5.02. The molecule has 0 saturated heterocycles. The van der Waals surface area contributed by atoms with Crippen LogP contribution in [0.5, 0.6) is 0 Å². The van der Waals surface area contributed by atoms with E-state index < -0.39 is 0 Å². The Bertz CT molecular complexity index is 305. The first-order valence-corrected chi connectivity index (χ1v) is 6.50. The van der Waals surface area contributed by atoms with Gasteiger partial charge >= 0.3 is 0 Å². The number of rotatable bonds is 6. The maximum Gasteiger partial charge on any atom is 0.0485 e. The second kappa shape index (κ2) is 7.25. The molecule has 0 aliphatic carbocycles. The first-order chi connectivity index (χ1) is 7.24. The van der Waals surface area contributed by atoms with E-state index in [-0.39, 0.29) is 0 Å². The Balaban J connectivity index is 2.31. The van der Waals surface area contributed by atoms with Gasteiger partial charge in [0, 0.05) is 34.9 Å². The molecule has 84 valence electrons. The zero-order valence-electron chi connectivity index (χ0n) is 8.72. The Morgan fingerprint density at radius 1 is 1.27 bits per heavy atom. The quantitative estimate of drug-likeness (QED) is 0.791. The molecule has 1 rings (SSSR count). The Morgan fingerprint density at radius 3 is 2.73 bits per heavy atom. The van der Waals surface area contributed by atoms with Gasteiger partial charge in [-0.1, -0.05) is 15.9 Å². The van der Waals surface area contributed by atoms with Crippen LogP contribution in [0.1, 0.15) is 12.8 Å². The first kappa shape index (κ1) is 13.0. The molecule has 0 aromatic heterocycles. The Kier molecular flexibility index (Phi) is 6.29. The zero-order chi connectivity index (χ0) is 11.1. The lowest BCUT2D eigenvalue weighted by molar-refractivity contribution is 0.194. The summed E-state index contributed by atoms with van der Waals surface area (Å²) in [6, 6.07) is 6.13. The molecule has 1 N–H and O–H groups in total. The molecular formula is C11H15Br2NO. The lowest BCUT2D eigenvalue weighted by atomic mass is 10.3. The van der Waals surface area contributed by atoms with Gasteiger partial charge in [-0.2, -0.15) is 0 Å². The van der Waals surface area contributed by atoms with Gasteiger partial charge in [0.1, 0.15) is 0 Å². The molecule has 0 saturated carbocycles. The van der Waals surface area contributed by atoms with Crippen molar-refractivity contribution in [1.82, 2.24) is 0 Å². The topological polar surface area (TPSA) is 21.3 Å². The van der Waals surface area contributed by atoms with Crippen molar-refractivity contribution in [3.05, 3.63) is 27.1 Å². The third-order valence-electron chi connectivity index (χ3n) is 2.02. The van der Waals surface area contributed by atoms with Gasteiger partial charge in [0.2, 0.25) is 0 Å². The number of hydrogen-bond donors (Lipinski definition) is 1. The lowest BCUT2D eigenvalue weighted by Crippen LogP contribution is -2.03. The molecule has 0 radical (unpaired) electrons. The van der Waals surface area contributed by atoms with Crippen molar-refractivity contribution in [3.63, 3.8) is 0 Å². The molecule has 2 nitrogen and oxygen atoms in total. The van der Waals surface area contributed by atoms with Crippen LogP contribution < -0.4 is 5.32 Å². The second-order valence-electron chi connectivity index (χ2n) is 3.25. The van der Waals surface area contributed by atoms with E-state index in [0.717, 1.165) is 40.6 Å². The minimum Gasteiger partial charge on any atom is -0.385 e. The van der Waals surface area contributed by atoms with Gasteiger partial charge in [-0.25, -0.2) is 0 Å². The number of anilines is 1. The molecule has 0 bridgehead atoms. The molecule has 0 unspecified atom stereocenters. The molecule has 0 aliphatic heterocycles. The van der Waals surface area contributed by atoms with E-state index in [4.69, 9.17) is 4.74 Å². The number of methoxy groups -OCH3 is 1. The van der Waals surface area contributed by atoms with E-state index in [1.165, 1.54) is 0 Å². The average molecular weight is 337 g/mol. The van der Waals surface area contributed by atoms with Crippen LogP contribution in [-0.4, -0.2) is 20.3 Å². The van der Waals surface area contributed by atoms with Crippen molar-refractivity contribution in [1.29, 1.82) is 0 Å². The van der Waals surface area contributed by atoms with Crippen LogP contribution >= 0.6 is 31.9 Å². The minimum absolute atomic E-state index is 0.836. The van der Waals surface area contributed by atoms with Crippen LogP contribution in [-0.2, 0) is 4.74 Å². The number of benzene rings is 1. The van der Waals surface area contributed by atoms with Gasteiger partial charge < -0.3 is 10.1 Å². The van der Waals surface area contributed by atoms with Crippen LogP contribution in [0.25, 0.3) is 0 Å². The lowest BCUT2D eigenvalue weighted by Gasteiger charge is -2.08. The van der Waals surface area contributed by atoms with Crippen molar-refractivity contribution in [2.24, 2.45) is 0 Å². The summed E-state index contributed by atoms with van der Waals surface area (Å²) in [6.07, 6.45) is 2.22. The molecule has 0 aliphatic rings. The Labute approximate surface area is 108 Å². The van der Waals surface area contributed by atoms with Crippen LogP contribution in [0.15, 0.2) is 27.1 Å². The molecule has 0 fully saturated rings. The number of ether oxygens (including phenoxy) is 1. The minimum atomic E-state index is 0.836. The summed E-state index contributed by atoms with van der Waals surface area (Å²) in [7, 11) is 1.73. The van der Waals surface area contributed by atoms with Gasteiger partial charge in [0.15, 0.2) is 0 Å². The summed E-state index contributed by atoms with van der Waals surface area (Å²) >= 11 is 6.94. The van der Waals surface area contributed by atoms with Crippen molar-refractivity contribution < 1.29 is 4.74 Å². The molecule has 1 aromatic rings. The highest BCUT2D eigenvalue weighted by molar-refractivity contribution is 9.11. The fourth-order valence-corrected chi connectivity index (χ4v) is 2.41. The van der Waals surface area contributed by atoms with Crippen molar-refractivity contribution in [2.45, 2.75) is 12.8 Å². The van der Waals surface area contributed by atoms with E-state index in [9.17, 15) is 0 Å². The van der Waals surface area contributed by atoms with Crippen molar-refractivity contribution in [3.8, 4) is 0 Å². The fraction of sp³-hybridized carbons (Fsp3) is 0.455. The predicted octanol–water partition coefficient (Wildman–Crippen LogP) is 4.05. The highest BCUT2D eigenvalue weighted by atomic mass is 79.9. The number of nitrogens with one attached hydrogen (secondary N) is 1. The van der Waals surface area contributed by atoms with Crippen LogP contribution in [0, 0.1) is 0 Å². The normalized spacial score (nSPS) is 10.3. The highest BCUT2D eigenvalue weighted by Crippen LogP contribution is 2.25. The summed E-state index contributed by atoms with van der Waals surface area (Å²) < 4.78 is 7.16. The van der Waals surface area contributed by atoms with E-state index in [0.29, 0.717) is 0 Å². The van der Waals surface area contributed by atoms with Gasteiger partial charge in [0.05, 0.1) is 0 Å². The van der Waals surface area contributed by atoms with Gasteiger partial charge in [-0.3, -0.25) is 0 Å². The highest BCUT2D eigenvalue weighted by Gasteiger charge is 1.98. The summed E-state index contributed by atoms with van der Waals surface area (Å²) in [6.45, 7) is 1.81.